The Bertz CT molecular complexity index is 948. The number of halogens is 1. The molecule has 2 aromatic rings. The van der Waals surface area contributed by atoms with Gasteiger partial charge in [-0.1, -0.05) is 12.1 Å². The van der Waals surface area contributed by atoms with Crippen molar-refractivity contribution in [2.75, 3.05) is 36.5 Å². The van der Waals surface area contributed by atoms with Crippen LogP contribution in [0.3, 0.4) is 0 Å². The van der Waals surface area contributed by atoms with Gasteiger partial charge in [-0.3, -0.25) is 4.79 Å². The SMILES string of the molecule is CC(=O)N[C@@H](C)c1ccc(O[C@@H]2CCN(c3nc(N(C)CCC(C)(C)O)ncc3F)C2)cc1. The van der Waals surface area contributed by atoms with Gasteiger partial charge in [-0.05, 0) is 44.9 Å². The summed E-state index contributed by atoms with van der Waals surface area (Å²) in [6.07, 6.45) is 2.40. The molecule has 180 valence electrons. The first-order valence-electron chi connectivity index (χ1n) is 11.3. The fourth-order valence-electron chi connectivity index (χ4n) is 3.73. The van der Waals surface area contributed by atoms with Crippen LogP contribution in [0, 0.1) is 5.82 Å². The van der Waals surface area contributed by atoms with Crippen molar-refractivity contribution in [3.8, 4) is 5.75 Å². The lowest BCUT2D eigenvalue weighted by molar-refractivity contribution is -0.119. The molecule has 2 N–H and O–H groups in total. The zero-order valence-electron chi connectivity index (χ0n) is 20.0. The monoisotopic (exact) mass is 459 g/mol. The summed E-state index contributed by atoms with van der Waals surface area (Å²) in [6, 6.07) is 7.56. The summed E-state index contributed by atoms with van der Waals surface area (Å²) in [7, 11) is 1.83. The minimum Gasteiger partial charge on any atom is -0.489 e. The minimum atomic E-state index is -0.795. The van der Waals surface area contributed by atoms with Gasteiger partial charge in [0.15, 0.2) is 11.6 Å². The Kier molecular flexibility index (Phi) is 7.73. The van der Waals surface area contributed by atoms with E-state index in [2.05, 4.69) is 15.3 Å². The third kappa shape index (κ3) is 7.02. The Morgan fingerprint density at radius 1 is 1.39 bits per heavy atom. The zero-order chi connectivity index (χ0) is 24.2. The number of hydrogen-bond acceptors (Lipinski definition) is 7. The van der Waals surface area contributed by atoms with Crippen LogP contribution < -0.4 is 19.9 Å². The van der Waals surface area contributed by atoms with E-state index < -0.39 is 11.4 Å². The smallest absolute Gasteiger partial charge is 0.227 e. The first kappa shape index (κ1) is 24.7. The molecule has 0 unspecified atom stereocenters. The number of ether oxygens (including phenoxy) is 1. The van der Waals surface area contributed by atoms with E-state index in [9.17, 15) is 14.3 Å². The number of benzene rings is 1. The summed E-state index contributed by atoms with van der Waals surface area (Å²) < 4.78 is 20.6. The molecule has 2 heterocycles. The molecule has 1 aliphatic rings. The van der Waals surface area contributed by atoms with Gasteiger partial charge in [-0.2, -0.15) is 4.98 Å². The fraction of sp³-hybridized carbons (Fsp3) is 0.542. The highest BCUT2D eigenvalue weighted by atomic mass is 19.1. The van der Waals surface area contributed by atoms with Crippen LogP contribution in [0.5, 0.6) is 5.75 Å². The largest absolute Gasteiger partial charge is 0.489 e. The van der Waals surface area contributed by atoms with Crippen molar-refractivity contribution in [1.82, 2.24) is 15.3 Å². The maximum atomic E-state index is 14.5. The van der Waals surface area contributed by atoms with E-state index in [1.165, 1.54) is 13.1 Å². The zero-order valence-corrected chi connectivity index (χ0v) is 20.0. The molecule has 0 radical (unpaired) electrons. The van der Waals surface area contributed by atoms with Crippen molar-refractivity contribution < 1.29 is 19.0 Å². The van der Waals surface area contributed by atoms with E-state index in [1.807, 2.05) is 48.0 Å². The quantitative estimate of drug-likeness (QED) is 0.596. The van der Waals surface area contributed by atoms with E-state index in [0.717, 1.165) is 17.7 Å². The molecule has 1 fully saturated rings. The number of amides is 1. The molecule has 1 saturated heterocycles. The van der Waals surface area contributed by atoms with Gasteiger partial charge in [0, 0.05) is 33.5 Å². The number of aromatic nitrogens is 2. The van der Waals surface area contributed by atoms with Gasteiger partial charge in [-0.25, -0.2) is 9.37 Å². The van der Waals surface area contributed by atoms with E-state index in [4.69, 9.17) is 4.74 Å². The van der Waals surface area contributed by atoms with Crippen LogP contribution in [0.1, 0.15) is 52.1 Å². The second kappa shape index (κ2) is 10.3. The first-order chi connectivity index (χ1) is 15.5. The van der Waals surface area contributed by atoms with Crippen LogP contribution in [0.2, 0.25) is 0 Å². The van der Waals surface area contributed by atoms with Crippen LogP contribution in [0.4, 0.5) is 16.2 Å². The van der Waals surface area contributed by atoms with Crippen LogP contribution >= 0.6 is 0 Å². The standard InChI is InChI=1S/C24H34FN5O3/c1-16(27-17(2)31)18-6-8-19(9-7-18)33-20-10-12-30(15-20)22-21(25)14-26-23(28-22)29(5)13-11-24(3,4)32/h6-9,14,16,20,32H,10-13,15H2,1-5H3,(H,27,31)/t16-,20+/m0/s1. The topological polar surface area (TPSA) is 90.8 Å². The molecule has 0 spiro atoms. The van der Waals surface area contributed by atoms with Gasteiger partial charge in [0.05, 0.1) is 24.4 Å². The molecular weight excluding hydrogens is 425 g/mol. The predicted octanol–water partition coefficient (Wildman–Crippen LogP) is 3.07. The van der Waals surface area contributed by atoms with Crippen LogP contribution in [-0.2, 0) is 4.79 Å². The second-order valence-corrected chi connectivity index (χ2v) is 9.29. The van der Waals surface area contributed by atoms with Gasteiger partial charge in [0.1, 0.15) is 11.9 Å². The fourth-order valence-corrected chi connectivity index (χ4v) is 3.73. The van der Waals surface area contributed by atoms with Crippen molar-refractivity contribution in [3.05, 3.63) is 41.8 Å². The minimum absolute atomic E-state index is 0.0718. The maximum Gasteiger partial charge on any atom is 0.227 e. The molecule has 0 aliphatic carbocycles. The summed E-state index contributed by atoms with van der Waals surface area (Å²) in [6.45, 7) is 8.62. The van der Waals surface area contributed by atoms with E-state index in [-0.39, 0.29) is 23.9 Å². The summed E-state index contributed by atoms with van der Waals surface area (Å²) >= 11 is 0. The molecule has 8 nitrogen and oxygen atoms in total. The molecule has 3 rings (SSSR count). The Morgan fingerprint density at radius 2 is 2.09 bits per heavy atom. The molecule has 2 atom stereocenters. The lowest BCUT2D eigenvalue weighted by Gasteiger charge is -2.24. The number of rotatable bonds is 9. The number of anilines is 2. The summed E-state index contributed by atoms with van der Waals surface area (Å²) in [4.78, 5) is 23.5. The van der Waals surface area contributed by atoms with Gasteiger partial charge in [0.25, 0.3) is 0 Å². The molecule has 0 bridgehead atoms. The second-order valence-electron chi connectivity index (χ2n) is 9.29. The Labute approximate surface area is 194 Å². The molecule has 9 heteroatoms. The van der Waals surface area contributed by atoms with Crippen molar-refractivity contribution in [2.45, 2.75) is 58.3 Å². The molecule has 1 aromatic heterocycles. The predicted molar refractivity (Wildman–Crippen MR) is 126 cm³/mol. The molecule has 1 aliphatic heterocycles. The van der Waals surface area contributed by atoms with Gasteiger partial charge in [-0.15, -0.1) is 0 Å². The summed E-state index contributed by atoms with van der Waals surface area (Å²) in [5, 5.41) is 12.8. The van der Waals surface area contributed by atoms with Crippen LogP contribution in [-0.4, -0.2) is 59.4 Å². The number of carbonyl (C=O) groups excluding carboxylic acids is 1. The molecular formula is C24H34FN5O3. The van der Waals surface area contributed by atoms with Crippen molar-refractivity contribution in [1.29, 1.82) is 0 Å². The Morgan fingerprint density at radius 3 is 2.73 bits per heavy atom. The van der Waals surface area contributed by atoms with E-state index in [1.54, 1.807) is 13.8 Å². The molecule has 1 amide bonds. The van der Waals surface area contributed by atoms with E-state index in [0.29, 0.717) is 32.0 Å². The Hall–Kier alpha value is -2.94. The number of hydrogen-bond donors (Lipinski definition) is 2. The van der Waals surface area contributed by atoms with Crippen molar-refractivity contribution >= 4 is 17.7 Å². The number of nitrogens with zero attached hydrogens (tertiary/aromatic N) is 4. The van der Waals surface area contributed by atoms with Crippen LogP contribution in [0.25, 0.3) is 0 Å². The maximum absolute atomic E-state index is 14.5. The average Bonchev–Trinajstić information content (AvgIpc) is 3.20. The van der Waals surface area contributed by atoms with Gasteiger partial charge in [0.2, 0.25) is 11.9 Å². The third-order valence-electron chi connectivity index (χ3n) is 5.66. The number of carbonyl (C=O) groups is 1. The van der Waals surface area contributed by atoms with Crippen LogP contribution in [0.15, 0.2) is 30.5 Å². The number of aliphatic hydroxyl groups is 1. The normalized spacial score (nSPS) is 17.1. The Balaban J connectivity index is 1.61. The highest BCUT2D eigenvalue weighted by Crippen LogP contribution is 2.26. The third-order valence-corrected chi connectivity index (χ3v) is 5.66. The first-order valence-corrected chi connectivity index (χ1v) is 11.3. The lowest BCUT2D eigenvalue weighted by atomic mass is 10.1. The lowest BCUT2D eigenvalue weighted by Crippen LogP contribution is -2.30. The molecule has 1 aromatic carbocycles. The summed E-state index contributed by atoms with van der Waals surface area (Å²) in [5.41, 5.74) is 0.200. The van der Waals surface area contributed by atoms with Gasteiger partial charge >= 0.3 is 0 Å². The molecule has 0 saturated carbocycles. The molecule has 33 heavy (non-hydrogen) atoms. The van der Waals surface area contributed by atoms with Crippen molar-refractivity contribution in [3.63, 3.8) is 0 Å². The average molecular weight is 460 g/mol. The van der Waals surface area contributed by atoms with Crippen molar-refractivity contribution in [2.24, 2.45) is 0 Å². The van der Waals surface area contributed by atoms with E-state index >= 15 is 0 Å². The number of nitrogens with one attached hydrogen (secondary N) is 1. The summed E-state index contributed by atoms with van der Waals surface area (Å²) in [5.74, 6) is 0.879. The highest BCUT2D eigenvalue weighted by molar-refractivity contribution is 5.73. The van der Waals surface area contributed by atoms with Gasteiger partial charge < -0.3 is 25.0 Å². The highest BCUT2D eigenvalue weighted by Gasteiger charge is 2.28.